The van der Waals surface area contributed by atoms with Crippen molar-refractivity contribution in [3.8, 4) is 0 Å². The van der Waals surface area contributed by atoms with E-state index in [0.29, 0.717) is 11.3 Å². The predicted molar refractivity (Wildman–Crippen MR) is 103 cm³/mol. The largest absolute Gasteiger partial charge is 0.382 e. The van der Waals surface area contributed by atoms with Gasteiger partial charge in [-0.1, -0.05) is 33.7 Å². The van der Waals surface area contributed by atoms with Gasteiger partial charge in [0.2, 0.25) is 5.95 Å². The first-order chi connectivity index (χ1) is 13.4. The van der Waals surface area contributed by atoms with Crippen molar-refractivity contribution < 1.29 is 18.3 Å². The van der Waals surface area contributed by atoms with Gasteiger partial charge in [-0.3, -0.25) is 0 Å². The molecule has 2 heterocycles. The van der Waals surface area contributed by atoms with Crippen LogP contribution < -0.4 is 0 Å². The molecule has 0 fully saturated rings. The number of aromatic nitrogens is 4. The maximum absolute atomic E-state index is 14.5. The second-order valence-electron chi connectivity index (χ2n) is 6.10. The van der Waals surface area contributed by atoms with Crippen molar-refractivity contribution in [2.45, 2.75) is 30.1 Å². The Morgan fingerprint density at radius 2 is 2.07 bits per heavy atom. The Balaban J connectivity index is 1.80. The first-order valence-electron chi connectivity index (χ1n) is 8.28. The fourth-order valence-electron chi connectivity index (χ4n) is 2.64. The minimum absolute atomic E-state index is 0.0439. The second kappa shape index (κ2) is 8.97. The van der Waals surface area contributed by atoms with Gasteiger partial charge in [0.05, 0.1) is 6.54 Å². The van der Waals surface area contributed by atoms with E-state index in [9.17, 15) is 18.3 Å². The highest BCUT2D eigenvalue weighted by Crippen LogP contribution is 2.42. The molecule has 1 aromatic carbocycles. The van der Waals surface area contributed by atoms with Gasteiger partial charge < -0.3 is 5.11 Å². The number of pyridine rings is 1. The molecule has 3 rings (SSSR count). The maximum Gasteiger partial charge on any atom is 0.216 e. The molecule has 148 valence electrons. The van der Waals surface area contributed by atoms with Crippen LogP contribution in [-0.2, 0) is 17.9 Å². The van der Waals surface area contributed by atoms with Crippen LogP contribution in [0.15, 0.2) is 49.2 Å². The molecule has 2 aromatic heterocycles. The average Bonchev–Trinajstić information content (AvgIpc) is 3.15. The van der Waals surface area contributed by atoms with Crippen LogP contribution in [0.3, 0.4) is 0 Å². The van der Waals surface area contributed by atoms with Gasteiger partial charge in [-0.2, -0.15) is 9.49 Å². The van der Waals surface area contributed by atoms with Crippen LogP contribution >= 0.6 is 21.6 Å². The quantitative estimate of drug-likeness (QED) is 0.435. The summed E-state index contributed by atoms with van der Waals surface area (Å²) in [6, 6.07) is 6.32. The molecule has 28 heavy (non-hydrogen) atoms. The smallest absolute Gasteiger partial charge is 0.216 e. The number of hydrogen-bond donors (Lipinski definition) is 1. The lowest BCUT2D eigenvalue weighted by Crippen LogP contribution is -2.41. The second-order valence-corrected chi connectivity index (χ2v) is 8.80. The molecule has 0 unspecified atom stereocenters. The highest BCUT2D eigenvalue weighted by molar-refractivity contribution is 8.76. The SMILES string of the molecule is C[C@@H](SSCc1cccnc1F)[C@](O)(Cn1cncn1)c1ccc(F)cc1F. The number of nitrogens with zero attached hydrogens (tertiary/aromatic N) is 4. The molecule has 1 N–H and O–H groups in total. The van der Waals surface area contributed by atoms with Gasteiger partial charge in [-0.05, 0) is 19.1 Å². The Labute approximate surface area is 167 Å². The molecule has 0 saturated heterocycles. The van der Waals surface area contributed by atoms with E-state index >= 15 is 0 Å². The molecule has 0 aliphatic rings. The molecular weight excluding hydrogens is 409 g/mol. The number of halogens is 3. The summed E-state index contributed by atoms with van der Waals surface area (Å²) in [7, 11) is 2.57. The molecule has 0 amide bonds. The summed E-state index contributed by atoms with van der Waals surface area (Å²) in [5.41, 5.74) is -1.31. The highest BCUT2D eigenvalue weighted by Gasteiger charge is 2.39. The maximum atomic E-state index is 14.5. The van der Waals surface area contributed by atoms with Crippen LogP contribution in [0.2, 0.25) is 0 Å². The lowest BCUT2D eigenvalue weighted by atomic mass is 9.90. The van der Waals surface area contributed by atoms with Gasteiger partial charge in [-0.15, -0.1) is 0 Å². The predicted octanol–water partition coefficient (Wildman–Crippen LogP) is 3.95. The Kier molecular flexibility index (Phi) is 6.63. The Morgan fingerprint density at radius 3 is 2.75 bits per heavy atom. The van der Waals surface area contributed by atoms with Crippen LogP contribution in [0.25, 0.3) is 0 Å². The summed E-state index contributed by atoms with van der Waals surface area (Å²) in [6.07, 6.45) is 4.08. The Morgan fingerprint density at radius 1 is 1.25 bits per heavy atom. The molecule has 0 bridgehead atoms. The minimum atomic E-state index is -1.70. The third-order valence-corrected chi connectivity index (χ3v) is 7.07. The molecule has 5 nitrogen and oxygen atoms in total. The van der Waals surface area contributed by atoms with E-state index in [1.165, 1.54) is 51.2 Å². The fourth-order valence-corrected chi connectivity index (χ4v) is 5.29. The van der Waals surface area contributed by atoms with Crippen molar-refractivity contribution in [2.75, 3.05) is 0 Å². The van der Waals surface area contributed by atoms with Crippen LogP contribution in [0.4, 0.5) is 13.2 Å². The molecule has 2 atom stereocenters. The van der Waals surface area contributed by atoms with Crippen molar-refractivity contribution in [3.05, 3.63) is 77.9 Å². The lowest BCUT2D eigenvalue weighted by Gasteiger charge is -2.34. The molecule has 3 aromatic rings. The summed E-state index contributed by atoms with van der Waals surface area (Å²) in [5.74, 6) is -1.81. The van der Waals surface area contributed by atoms with Crippen molar-refractivity contribution >= 4 is 21.6 Å². The van der Waals surface area contributed by atoms with Crippen LogP contribution in [-0.4, -0.2) is 30.1 Å². The molecule has 0 saturated carbocycles. The van der Waals surface area contributed by atoms with E-state index < -0.39 is 28.4 Å². The van der Waals surface area contributed by atoms with E-state index in [0.717, 1.165) is 12.1 Å². The van der Waals surface area contributed by atoms with Crippen LogP contribution in [0, 0.1) is 17.6 Å². The highest BCUT2D eigenvalue weighted by atomic mass is 33.1. The Hall–Kier alpha value is -2.04. The molecule has 10 heteroatoms. The molecule has 0 aliphatic heterocycles. The van der Waals surface area contributed by atoms with Gasteiger partial charge in [0, 0.05) is 34.4 Å². The molecule has 0 radical (unpaired) electrons. The van der Waals surface area contributed by atoms with E-state index in [-0.39, 0.29) is 12.1 Å². The zero-order valence-electron chi connectivity index (χ0n) is 14.8. The monoisotopic (exact) mass is 426 g/mol. The molecular formula is C18H17F3N4OS2. The zero-order chi connectivity index (χ0) is 20.1. The third kappa shape index (κ3) is 4.68. The first-order valence-corrected chi connectivity index (χ1v) is 10.7. The average molecular weight is 426 g/mol. The summed E-state index contributed by atoms with van der Waals surface area (Å²) < 4.78 is 42.8. The van der Waals surface area contributed by atoms with Crippen molar-refractivity contribution in [1.29, 1.82) is 0 Å². The normalized spacial score (nSPS) is 14.6. The van der Waals surface area contributed by atoms with Gasteiger partial charge in [0.1, 0.15) is 29.9 Å². The van der Waals surface area contributed by atoms with Crippen molar-refractivity contribution in [3.63, 3.8) is 0 Å². The number of aliphatic hydroxyl groups is 1. The van der Waals surface area contributed by atoms with Crippen molar-refractivity contribution in [2.24, 2.45) is 0 Å². The van der Waals surface area contributed by atoms with Gasteiger partial charge in [-0.25, -0.2) is 23.4 Å². The van der Waals surface area contributed by atoms with Gasteiger partial charge in [0.25, 0.3) is 0 Å². The third-order valence-electron chi connectivity index (χ3n) is 4.20. The van der Waals surface area contributed by atoms with Crippen molar-refractivity contribution in [1.82, 2.24) is 19.7 Å². The fraction of sp³-hybridized carbons (Fsp3) is 0.278. The van der Waals surface area contributed by atoms with E-state index in [1.807, 2.05) is 0 Å². The summed E-state index contributed by atoms with van der Waals surface area (Å²) >= 11 is 0. The van der Waals surface area contributed by atoms with Crippen LogP contribution in [0.5, 0.6) is 0 Å². The topological polar surface area (TPSA) is 63.8 Å². The lowest BCUT2D eigenvalue weighted by molar-refractivity contribution is 0.0137. The Bertz CT molecular complexity index is 929. The van der Waals surface area contributed by atoms with Gasteiger partial charge in [0.15, 0.2) is 0 Å². The zero-order valence-corrected chi connectivity index (χ0v) is 16.4. The number of hydrogen-bond acceptors (Lipinski definition) is 6. The van der Waals surface area contributed by atoms with Crippen LogP contribution in [0.1, 0.15) is 18.1 Å². The molecule has 0 aliphatic carbocycles. The summed E-state index contributed by atoms with van der Waals surface area (Å²) in [4.78, 5) is 7.43. The standard InChI is InChI=1S/C18H17F3N4OS2/c1-12(28-27-8-13-3-2-6-23-17(13)21)18(26,9-25-11-22-10-24-25)15-5-4-14(19)7-16(15)20/h2-7,10-12,26H,8-9H2,1H3/t12-,18-/m1/s1. The molecule has 0 spiro atoms. The van der Waals surface area contributed by atoms with E-state index in [2.05, 4.69) is 15.1 Å². The summed E-state index contributed by atoms with van der Waals surface area (Å²) in [5, 5.41) is 14.8. The number of rotatable bonds is 8. The minimum Gasteiger partial charge on any atom is -0.382 e. The number of benzene rings is 1. The van der Waals surface area contributed by atoms with Gasteiger partial charge >= 0.3 is 0 Å². The summed E-state index contributed by atoms with van der Waals surface area (Å²) in [6.45, 7) is 1.64. The van der Waals surface area contributed by atoms with E-state index in [1.54, 1.807) is 19.1 Å². The van der Waals surface area contributed by atoms with E-state index in [4.69, 9.17) is 0 Å². The first kappa shape index (κ1) is 20.7.